The average Bonchev–Trinajstić information content (AvgIpc) is 3.48. The number of rotatable bonds is 7. The van der Waals surface area contributed by atoms with Crippen LogP contribution in [-0.4, -0.2) is 43.1 Å². The van der Waals surface area contributed by atoms with Crippen LogP contribution in [0, 0.1) is 0 Å². The van der Waals surface area contributed by atoms with Crippen molar-refractivity contribution in [3.8, 4) is 5.75 Å². The Morgan fingerprint density at radius 2 is 2.18 bits per heavy atom. The van der Waals surface area contributed by atoms with Gasteiger partial charge in [-0.1, -0.05) is 12.1 Å². The highest BCUT2D eigenvalue weighted by Gasteiger charge is 2.40. The molecular weight excluding hydrogens is 461 g/mol. The molecule has 1 aliphatic heterocycles. The van der Waals surface area contributed by atoms with Gasteiger partial charge in [-0.2, -0.15) is 9.90 Å². The standard InChI is InChI=1S/C20H19F3N6O5/c1-11(30)17-24-7-14(32-17)10-29-26-9-16(28-29)27-18(31)19(2)25-8-15(34-19)12-4-3-5-13(6-12)33-20(21,22)23/h3-9,11,25,30H,10H2,1-2H3,(H,27,28,31). The van der Waals surface area contributed by atoms with Crippen LogP contribution in [0.3, 0.4) is 0 Å². The largest absolute Gasteiger partial charge is 0.573 e. The number of ether oxygens (including phenoxy) is 2. The first-order valence-electron chi connectivity index (χ1n) is 9.88. The van der Waals surface area contributed by atoms with Crippen molar-refractivity contribution < 1.29 is 37.0 Å². The predicted molar refractivity (Wildman–Crippen MR) is 109 cm³/mol. The summed E-state index contributed by atoms with van der Waals surface area (Å²) in [7, 11) is 0. The Bertz CT molecular complexity index is 1220. The molecular formula is C20H19F3N6O5. The second-order valence-corrected chi connectivity index (χ2v) is 7.42. The highest BCUT2D eigenvalue weighted by Crippen LogP contribution is 2.31. The van der Waals surface area contributed by atoms with Gasteiger partial charge in [-0.05, 0) is 19.1 Å². The zero-order valence-electron chi connectivity index (χ0n) is 17.8. The molecule has 0 fully saturated rings. The zero-order chi connectivity index (χ0) is 24.5. The lowest BCUT2D eigenvalue weighted by molar-refractivity contribution is -0.274. The van der Waals surface area contributed by atoms with Crippen LogP contribution in [0.1, 0.15) is 37.2 Å². The van der Waals surface area contributed by atoms with Gasteiger partial charge < -0.3 is 29.6 Å². The van der Waals surface area contributed by atoms with Gasteiger partial charge in [0.05, 0.1) is 12.4 Å². The van der Waals surface area contributed by atoms with Crippen molar-refractivity contribution in [2.24, 2.45) is 0 Å². The van der Waals surface area contributed by atoms with Crippen LogP contribution in [-0.2, 0) is 16.1 Å². The molecule has 1 aromatic carbocycles. The number of alkyl halides is 3. The number of oxazole rings is 1. The molecule has 1 amide bonds. The number of aliphatic hydroxyl groups excluding tert-OH is 1. The molecule has 3 aromatic rings. The average molecular weight is 480 g/mol. The van der Waals surface area contributed by atoms with Crippen LogP contribution in [0.25, 0.3) is 5.76 Å². The molecule has 3 N–H and O–H groups in total. The van der Waals surface area contributed by atoms with Gasteiger partial charge in [-0.25, -0.2) is 4.98 Å². The number of halogens is 3. The van der Waals surface area contributed by atoms with Crippen molar-refractivity contribution in [3.63, 3.8) is 0 Å². The van der Waals surface area contributed by atoms with Crippen LogP contribution in [0.15, 0.2) is 47.3 Å². The third-order valence-corrected chi connectivity index (χ3v) is 4.58. The maximum absolute atomic E-state index is 12.8. The van der Waals surface area contributed by atoms with Gasteiger partial charge in [-0.15, -0.1) is 18.3 Å². The summed E-state index contributed by atoms with van der Waals surface area (Å²) in [6, 6.07) is 5.17. The quantitative estimate of drug-likeness (QED) is 0.466. The van der Waals surface area contributed by atoms with Crippen LogP contribution in [0.4, 0.5) is 19.0 Å². The molecule has 2 aromatic heterocycles. The van der Waals surface area contributed by atoms with Gasteiger partial charge in [0, 0.05) is 18.7 Å². The van der Waals surface area contributed by atoms with E-state index in [0.29, 0.717) is 5.76 Å². The highest BCUT2D eigenvalue weighted by atomic mass is 19.4. The minimum atomic E-state index is -4.83. The molecule has 0 radical (unpaired) electrons. The van der Waals surface area contributed by atoms with Gasteiger partial charge in [0.25, 0.3) is 11.6 Å². The van der Waals surface area contributed by atoms with Crippen LogP contribution in [0.5, 0.6) is 5.75 Å². The van der Waals surface area contributed by atoms with Crippen molar-refractivity contribution in [3.05, 3.63) is 60.1 Å². The number of aliphatic hydroxyl groups is 1. The van der Waals surface area contributed by atoms with E-state index in [4.69, 9.17) is 9.15 Å². The Kier molecular flexibility index (Phi) is 5.91. The minimum absolute atomic E-state index is 0.115. The van der Waals surface area contributed by atoms with E-state index >= 15 is 0 Å². The molecule has 180 valence electrons. The zero-order valence-corrected chi connectivity index (χ0v) is 17.8. The maximum Gasteiger partial charge on any atom is 0.573 e. The maximum atomic E-state index is 12.8. The third-order valence-electron chi connectivity index (χ3n) is 4.58. The molecule has 11 nitrogen and oxygen atoms in total. The summed E-state index contributed by atoms with van der Waals surface area (Å²) in [6.07, 6.45) is -1.57. The summed E-state index contributed by atoms with van der Waals surface area (Å²) in [5, 5.41) is 22.9. The van der Waals surface area contributed by atoms with Gasteiger partial charge in [0.1, 0.15) is 29.9 Å². The SMILES string of the molecule is CC(O)c1ncc(Cn2ncc(NC(=O)C3(C)NC=C(c4cccc(OC(F)(F)F)c4)O3)n2)o1. The second kappa shape index (κ2) is 8.70. The van der Waals surface area contributed by atoms with E-state index in [0.717, 1.165) is 12.1 Å². The summed E-state index contributed by atoms with van der Waals surface area (Å²) < 4.78 is 52.4. The lowest BCUT2D eigenvalue weighted by Gasteiger charge is -2.24. The van der Waals surface area contributed by atoms with E-state index in [-0.39, 0.29) is 29.6 Å². The number of amides is 1. The number of nitrogens with one attached hydrogen (secondary N) is 2. The summed E-state index contributed by atoms with van der Waals surface area (Å²) in [6.45, 7) is 3.07. The summed E-state index contributed by atoms with van der Waals surface area (Å²) in [5.74, 6) is -0.204. The van der Waals surface area contributed by atoms with Gasteiger partial charge in [-0.3, -0.25) is 4.79 Å². The van der Waals surface area contributed by atoms with Crippen molar-refractivity contribution in [1.29, 1.82) is 0 Å². The number of hydrogen-bond acceptors (Lipinski definition) is 9. The molecule has 2 atom stereocenters. The molecule has 0 bridgehead atoms. The molecule has 0 saturated carbocycles. The van der Waals surface area contributed by atoms with E-state index in [1.807, 2.05) is 0 Å². The molecule has 3 heterocycles. The number of benzene rings is 1. The fourth-order valence-electron chi connectivity index (χ4n) is 2.98. The number of hydrogen-bond donors (Lipinski definition) is 3. The Morgan fingerprint density at radius 1 is 1.38 bits per heavy atom. The summed E-state index contributed by atoms with van der Waals surface area (Å²) in [4.78, 5) is 18.0. The molecule has 0 spiro atoms. The Balaban J connectivity index is 1.37. The predicted octanol–water partition coefficient (Wildman–Crippen LogP) is 2.54. The van der Waals surface area contributed by atoms with Crippen LogP contribution in [0.2, 0.25) is 0 Å². The number of aromatic nitrogens is 4. The van der Waals surface area contributed by atoms with Gasteiger partial charge in [0.15, 0.2) is 5.82 Å². The molecule has 0 aliphatic carbocycles. The highest BCUT2D eigenvalue weighted by molar-refractivity contribution is 5.97. The fraction of sp³-hybridized carbons (Fsp3) is 0.300. The van der Waals surface area contributed by atoms with E-state index in [9.17, 15) is 23.1 Å². The topological polar surface area (TPSA) is 137 Å². The Labute approximate surface area is 190 Å². The van der Waals surface area contributed by atoms with Crippen LogP contribution >= 0.6 is 0 Å². The van der Waals surface area contributed by atoms with Crippen molar-refractivity contribution in [1.82, 2.24) is 25.3 Å². The Hall–Kier alpha value is -4.07. The van der Waals surface area contributed by atoms with E-state index in [1.165, 1.54) is 49.4 Å². The molecule has 1 aliphatic rings. The van der Waals surface area contributed by atoms with Crippen LogP contribution < -0.4 is 15.4 Å². The van der Waals surface area contributed by atoms with E-state index < -0.39 is 29.8 Å². The first kappa shape index (κ1) is 23.1. The second-order valence-electron chi connectivity index (χ2n) is 7.42. The monoisotopic (exact) mass is 480 g/mol. The first-order valence-corrected chi connectivity index (χ1v) is 9.88. The van der Waals surface area contributed by atoms with E-state index in [1.54, 1.807) is 0 Å². The molecule has 4 rings (SSSR count). The fourth-order valence-corrected chi connectivity index (χ4v) is 2.98. The summed E-state index contributed by atoms with van der Waals surface area (Å²) in [5.41, 5.74) is -1.28. The van der Waals surface area contributed by atoms with Gasteiger partial charge in [0.2, 0.25) is 5.89 Å². The number of carbonyl (C=O) groups is 1. The van der Waals surface area contributed by atoms with E-state index in [2.05, 4.69) is 30.6 Å². The molecule has 14 heteroatoms. The van der Waals surface area contributed by atoms with Crippen molar-refractivity contribution >= 4 is 17.5 Å². The Morgan fingerprint density at radius 3 is 2.88 bits per heavy atom. The van der Waals surface area contributed by atoms with Gasteiger partial charge >= 0.3 is 6.36 Å². The normalized spacial score (nSPS) is 18.6. The number of nitrogens with zero attached hydrogens (tertiary/aromatic N) is 4. The molecule has 0 saturated heterocycles. The molecule has 34 heavy (non-hydrogen) atoms. The lowest BCUT2D eigenvalue weighted by Crippen LogP contribution is -2.49. The first-order chi connectivity index (χ1) is 16.0. The van der Waals surface area contributed by atoms with Crippen molar-refractivity contribution in [2.45, 2.75) is 38.6 Å². The summed E-state index contributed by atoms with van der Waals surface area (Å²) >= 11 is 0. The third kappa shape index (κ3) is 5.28. The molecule has 2 unspecified atom stereocenters. The number of anilines is 1. The smallest absolute Gasteiger partial charge is 0.457 e. The van der Waals surface area contributed by atoms with Crippen molar-refractivity contribution in [2.75, 3.05) is 5.32 Å². The number of carbonyl (C=O) groups excluding carboxylic acids is 1. The lowest BCUT2D eigenvalue weighted by atomic mass is 10.2. The minimum Gasteiger partial charge on any atom is -0.457 e.